The standard InChI is InChI=1S/C28H19N2S.C13H24O2.Ir/c1-15-11-16(2)13-18(12-15)22-14-24-26-25(17(3)31-28(26)29-22)21-9-6-8-20-19-7-4-5-10-23(19)30(24)27(20)21;1-5-10(6-2)12(14)9-13(15)11(7-3)8-4;/h4-12,14H,1-3H3;9-11,14H,5-8H2,1-4H3;/q-1;;/b;12-9-;. The van der Waals surface area contributed by atoms with E-state index in [0.717, 1.165) is 47.3 Å². The monoisotopic (exact) mass is 820 g/mol. The van der Waals surface area contributed by atoms with E-state index in [-0.39, 0.29) is 43.5 Å². The second kappa shape index (κ2) is 14.3. The predicted octanol–water partition coefficient (Wildman–Crippen LogP) is 11.7. The van der Waals surface area contributed by atoms with E-state index < -0.39 is 0 Å². The minimum Gasteiger partial charge on any atom is -0.512 e. The number of carbonyl (C=O) groups is 1. The number of aryl methyl sites for hydroxylation is 3. The summed E-state index contributed by atoms with van der Waals surface area (Å²) >= 11 is 1.80. The van der Waals surface area contributed by atoms with E-state index in [0.29, 0.717) is 0 Å². The van der Waals surface area contributed by atoms with Crippen molar-refractivity contribution in [2.24, 2.45) is 11.8 Å². The summed E-state index contributed by atoms with van der Waals surface area (Å²) in [6, 6.07) is 25.6. The van der Waals surface area contributed by atoms with Crippen LogP contribution in [0.25, 0.3) is 59.6 Å². The van der Waals surface area contributed by atoms with Gasteiger partial charge in [-0.25, -0.2) is 0 Å². The number of ketones is 1. The number of rotatable bonds is 8. The molecule has 47 heavy (non-hydrogen) atoms. The van der Waals surface area contributed by atoms with Crippen molar-refractivity contribution in [3.63, 3.8) is 0 Å². The largest absolute Gasteiger partial charge is 0.512 e. The van der Waals surface area contributed by atoms with Crippen molar-refractivity contribution in [3.8, 4) is 11.3 Å². The number of nitrogens with zero attached hydrogens (tertiary/aromatic N) is 2. The Labute approximate surface area is 295 Å². The van der Waals surface area contributed by atoms with Gasteiger partial charge in [-0.1, -0.05) is 84.0 Å². The van der Waals surface area contributed by atoms with Gasteiger partial charge in [0.1, 0.15) is 4.83 Å². The van der Waals surface area contributed by atoms with E-state index in [1.54, 1.807) is 11.3 Å². The van der Waals surface area contributed by atoms with Crippen molar-refractivity contribution < 1.29 is 30.0 Å². The number of hydrogen-bond acceptors (Lipinski definition) is 4. The van der Waals surface area contributed by atoms with Crippen molar-refractivity contribution in [1.29, 1.82) is 0 Å². The zero-order valence-electron chi connectivity index (χ0n) is 28.3. The number of aliphatic hydroxyl groups excluding tert-OH is 1. The average molecular weight is 820 g/mol. The van der Waals surface area contributed by atoms with Gasteiger partial charge in [-0.3, -0.25) is 9.78 Å². The molecule has 4 heterocycles. The van der Waals surface area contributed by atoms with Crippen LogP contribution in [0, 0.1) is 38.7 Å². The summed E-state index contributed by atoms with van der Waals surface area (Å²) in [5.74, 6) is 0.547. The number of benzene rings is 3. The van der Waals surface area contributed by atoms with Crippen LogP contribution in [0.5, 0.6) is 0 Å². The van der Waals surface area contributed by atoms with Crippen LogP contribution in [0.3, 0.4) is 0 Å². The van der Waals surface area contributed by atoms with Gasteiger partial charge in [-0.2, -0.15) is 0 Å². The van der Waals surface area contributed by atoms with Gasteiger partial charge in [0.05, 0.1) is 22.3 Å². The van der Waals surface area contributed by atoms with Gasteiger partial charge in [0.2, 0.25) is 0 Å². The third-order valence-electron chi connectivity index (χ3n) is 9.53. The molecule has 0 amide bonds. The van der Waals surface area contributed by atoms with Crippen molar-refractivity contribution >= 4 is 65.4 Å². The van der Waals surface area contributed by atoms with Gasteiger partial charge in [0.25, 0.3) is 0 Å². The van der Waals surface area contributed by atoms with Crippen molar-refractivity contribution in [2.45, 2.75) is 74.1 Å². The SMILES string of the molecule is CCC(CC)C(=O)/C=C(\O)C(CC)CC.Cc1[c-]c(-c2cc3c4c(n2)sc(C)c4c2cccc4c5ccccc5n3c42)cc(C)c1.[Ir]. The van der Waals surface area contributed by atoms with Gasteiger partial charge in [-0.15, -0.1) is 46.2 Å². The van der Waals surface area contributed by atoms with E-state index in [4.69, 9.17) is 4.98 Å². The maximum absolute atomic E-state index is 11.7. The van der Waals surface area contributed by atoms with Gasteiger partial charge < -0.3 is 9.51 Å². The van der Waals surface area contributed by atoms with Crippen LogP contribution >= 0.6 is 11.3 Å². The Morgan fingerprint density at radius 3 is 2.19 bits per heavy atom. The number of aromatic nitrogens is 2. The molecule has 4 nitrogen and oxygen atoms in total. The molecule has 7 aromatic rings. The van der Waals surface area contributed by atoms with Gasteiger partial charge in [-0.05, 0) is 44.4 Å². The number of fused-ring (bicyclic) bond motifs is 5. The molecule has 0 saturated heterocycles. The van der Waals surface area contributed by atoms with Crippen LogP contribution in [0.4, 0.5) is 0 Å². The van der Waals surface area contributed by atoms with Crippen LogP contribution < -0.4 is 0 Å². The Morgan fingerprint density at radius 1 is 0.851 bits per heavy atom. The van der Waals surface area contributed by atoms with Crippen LogP contribution in [0.15, 0.2) is 72.5 Å². The van der Waals surface area contributed by atoms with E-state index in [1.807, 2.05) is 27.7 Å². The fraction of sp³-hybridized carbons (Fsp3) is 0.317. The molecule has 0 bridgehead atoms. The first-order valence-corrected chi connectivity index (χ1v) is 17.4. The van der Waals surface area contributed by atoms with Crippen molar-refractivity contribution in [1.82, 2.24) is 9.38 Å². The molecule has 3 aromatic carbocycles. The van der Waals surface area contributed by atoms with Gasteiger partial charge in [0, 0.05) is 69.8 Å². The van der Waals surface area contributed by atoms with Crippen LogP contribution in [0.1, 0.15) is 69.4 Å². The molecule has 1 radical (unpaired) electrons. The fourth-order valence-electron chi connectivity index (χ4n) is 7.11. The fourth-order valence-corrected chi connectivity index (χ4v) is 8.17. The minimum atomic E-state index is 0. The summed E-state index contributed by atoms with van der Waals surface area (Å²) in [5, 5.41) is 16.3. The predicted molar refractivity (Wildman–Crippen MR) is 197 cm³/mol. The number of para-hydroxylation sites is 2. The van der Waals surface area contributed by atoms with E-state index in [2.05, 4.69) is 91.9 Å². The second-order valence-corrected chi connectivity index (χ2v) is 13.8. The second-order valence-electron chi connectivity index (χ2n) is 12.5. The van der Waals surface area contributed by atoms with Crippen molar-refractivity contribution in [2.75, 3.05) is 0 Å². The normalized spacial score (nSPS) is 12.1. The Bertz CT molecular complexity index is 2210. The van der Waals surface area contributed by atoms with E-state index in [9.17, 15) is 9.90 Å². The Morgan fingerprint density at radius 2 is 1.51 bits per heavy atom. The molecular formula is C41H43IrN2O2S-. The Hall–Kier alpha value is -3.57. The number of thiophene rings is 1. The molecule has 6 heteroatoms. The molecule has 0 unspecified atom stereocenters. The van der Waals surface area contributed by atoms with E-state index in [1.165, 1.54) is 60.0 Å². The zero-order chi connectivity index (χ0) is 32.7. The molecule has 245 valence electrons. The molecule has 7 rings (SSSR count). The quantitative estimate of drug-likeness (QED) is 0.0719. The van der Waals surface area contributed by atoms with Crippen molar-refractivity contribution in [3.05, 3.63) is 94.6 Å². The molecule has 4 aromatic heterocycles. The number of hydrogen-bond donors (Lipinski definition) is 1. The number of pyridine rings is 2. The molecule has 0 fully saturated rings. The molecule has 0 spiro atoms. The third-order valence-corrected chi connectivity index (χ3v) is 10.5. The zero-order valence-corrected chi connectivity index (χ0v) is 31.5. The summed E-state index contributed by atoms with van der Waals surface area (Å²) in [7, 11) is 0. The topological polar surface area (TPSA) is 54.6 Å². The maximum Gasteiger partial charge on any atom is 0.162 e. The molecule has 1 N–H and O–H groups in total. The molecule has 0 aliphatic carbocycles. The average Bonchev–Trinajstić information content (AvgIpc) is 3.56. The molecule has 0 aliphatic heterocycles. The third kappa shape index (κ3) is 6.24. The summed E-state index contributed by atoms with van der Waals surface area (Å²) in [6.07, 6.45) is 4.91. The Kier molecular flexibility index (Phi) is 10.6. The first-order valence-electron chi connectivity index (χ1n) is 16.6. The summed E-state index contributed by atoms with van der Waals surface area (Å²) < 4.78 is 2.45. The van der Waals surface area contributed by atoms with Crippen LogP contribution in [-0.4, -0.2) is 20.3 Å². The first-order chi connectivity index (χ1) is 22.2. The Balaban J connectivity index is 0.000000234. The van der Waals surface area contributed by atoms with Crippen LogP contribution in [-0.2, 0) is 24.9 Å². The number of aliphatic hydroxyl groups is 1. The van der Waals surface area contributed by atoms with Gasteiger partial charge >= 0.3 is 0 Å². The minimum absolute atomic E-state index is 0. The van der Waals surface area contributed by atoms with E-state index >= 15 is 0 Å². The summed E-state index contributed by atoms with van der Waals surface area (Å²) in [6.45, 7) is 14.5. The molecule has 0 saturated carbocycles. The number of carbonyl (C=O) groups excluding carboxylic acids is 1. The van der Waals surface area contributed by atoms with Crippen LogP contribution in [0.2, 0.25) is 0 Å². The molecular weight excluding hydrogens is 777 g/mol. The molecule has 0 atom stereocenters. The maximum atomic E-state index is 11.7. The first kappa shape index (κ1) is 34.8. The van der Waals surface area contributed by atoms with Gasteiger partial charge in [0.15, 0.2) is 5.78 Å². The summed E-state index contributed by atoms with van der Waals surface area (Å²) in [5.41, 5.74) is 8.23. The summed E-state index contributed by atoms with van der Waals surface area (Å²) in [4.78, 5) is 19.3. The molecule has 0 aliphatic rings. The number of allylic oxidation sites excluding steroid dienone is 2. The smallest absolute Gasteiger partial charge is 0.162 e.